The molecule has 0 bridgehead atoms. The molecule has 0 fully saturated rings. The summed E-state index contributed by atoms with van der Waals surface area (Å²) < 4.78 is 13.4. The van der Waals surface area contributed by atoms with Crippen LogP contribution in [0.2, 0.25) is 5.02 Å². The van der Waals surface area contributed by atoms with Crippen LogP contribution in [0.25, 0.3) is 0 Å². The summed E-state index contributed by atoms with van der Waals surface area (Å²) >= 11 is 5.92. The molecular weight excluding hydrogens is 260 g/mol. The standard InChI is InChI=1S/C13H11ClFN.ClH/c14-12-7-4-8-13(15)11(12)9-16-10-5-2-1-3-6-10;/h1-8,16H,9H2;1H. The van der Waals surface area contributed by atoms with Crippen molar-refractivity contribution in [2.24, 2.45) is 0 Å². The van der Waals surface area contributed by atoms with E-state index < -0.39 is 0 Å². The van der Waals surface area contributed by atoms with Gasteiger partial charge in [0.25, 0.3) is 0 Å². The fourth-order valence-corrected chi connectivity index (χ4v) is 1.68. The number of halogens is 3. The van der Waals surface area contributed by atoms with Crippen LogP contribution in [0.5, 0.6) is 0 Å². The Morgan fingerprint density at radius 1 is 1.00 bits per heavy atom. The van der Waals surface area contributed by atoms with Gasteiger partial charge in [-0.1, -0.05) is 35.9 Å². The van der Waals surface area contributed by atoms with Gasteiger partial charge in [0.05, 0.1) is 0 Å². The third-order valence-electron chi connectivity index (χ3n) is 2.30. The number of nitrogens with one attached hydrogen (secondary N) is 1. The highest BCUT2D eigenvalue weighted by atomic mass is 35.5. The van der Waals surface area contributed by atoms with Crippen molar-refractivity contribution >= 4 is 29.7 Å². The highest BCUT2D eigenvalue weighted by Crippen LogP contribution is 2.20. The molecule has 2 rings (SSSR count). The van der Waals surface area contributed by atoms with Gasteiger partial charge in [0.15, 0.2) is 0 Å². The molecule has 4 heteroatoms. The molecule has 0 heterocycles. The second kappa shape index (κ2) is 6.48. The normalized spacial score (nSPS) is 9.53. The molecule has 2 aromatic carbocycles. The molecule has 0 atom stereocenters. The number of rotatable bonds is 3. The average molecular weight is 272 g/mol. The topological polar surface area (TPSA) is 12.0 Å². The zero-order valence-corrected chi connectivity index (χ0v) is 10.6. The van der Waals surface area contributed by atoms with E-state index in [2.05, 4.69) is 5.32 Å². The predicted molar refractivity (Wildman–Crippen MR) is 72.4 cm³/mol. The van der Waals surface area contributed by atoms with Crippen LogP contribution in [0.3, 0.4) is 0 Å². The van der Waals surface area contributed by atoms with Crippen LogP contribution in [0.15, 0.2) is 48.5 Å². The van der Waals surface area contributed by atoms with E-state index >= 15 is 0 Å². The third kappa shape index (κ3) is 3.62. The van der Waals surface area contributed by atoms with Crippen molar-refractivity contribution in [2.75, 3.05) is 5.32 Å². The van der Waals surface area contributed by atoms with Crippen molar-refractivity contribution in [3.8, 4) is 0 Å². The molecule has 0 aliphatic carbocycles. The number of benzene rings is 2. The smallest absolute Gasteiger partial charge is 0.129 e. The van der Waals surface area contributed by atoms with E-state index in [1.54, 1.807) is 12.1 Å². The largest absolute Gasteiger partial charge is 0.381 e. The number of hydrogen-bond acceptors (Lipinski definition) is 1. The zero-order valence-electron chi connectivity index (χ0n) is 8.99. The lowest BCUT2D eigenvalue weighted by Gasteiger charge is -2.08. The van der Waals surface area contributed by atoms with Gasteiger partial charge in [-0.3, -0.25) is 0 Å². The molecule has 0 aromatic heterocycles. The van der Waals surface area contributed by atoms with Crippen LogP contribution in [0.4, 0.5) is 10.1 Å². The van der Waals surface area contributed by atoms with E-state index in [9.17, 15) is 4.39 Å². The second-order valence-electron chi connectivity index (χ2n) is 3.42. The second-order valence-corrected chi connectivity index (χ2v) is 3.83. The van der Waals surface area contributed by atoms with Crippen LogP contribution < -0.4 is 5.32 Å². The summed E-state index contributed by atoms with van der Waals surface area (Å²) in [4.78, 5) is 0. The van der Waals surface area contributed by atoms with Crippen molar-refractivity contribution in [2.45, 2.75) is 6.54 Å². The van der Waals surface area contributed by atoms with Crippen LogP contribution >= 0.6 is 24.0 Å². The Labute approximate surface area is 111 Å². The Bertz CT molecular complexity index is 454. The first-order valence-corrected chi connectivity index (χ1v) is 5.37. The van der Waals surface area contributed by atoms with Gasteiger partial charge in [-0.2, -0.15) is 0 Å². The number of anilines is 1. The summed E-state index contributed by atoms with van der Waals surface area (Å²) in [6.45, 7) is 0.384. The summed E-state index contributed by atoms with van der Waals surface area (Å²) in [5.74, 6) is -0.282. The third-order valence-corrected chi connectivity index (χ3v) is 2.66. The Hall–Kier alpha value is -1.25. The number of para-hydroxylation sites is 1. The van der Waals surface area contributed by atoms with Gasteiger partial charge >= 0.3 is 0 Å². The van der Waals surface area contributed by atoms with Crippen molar-refractivity contribution < 1.29 is 4.39 Å². The molecule has 17 heavy (non-hydrogen) atoms. The molecule has 0 radical (unpaired) electrons. The Balaban J connectivity index is 0.00000144. The summed E-state index contributed by atoms with van der Waals surface area (Å²) in [5.41, 5.74) is 1.44. The minimum atomic E-state index is -0.282. The van der Waals surface area contributed by atoms with Crippen LogP contribution in [0, 0.1) is 5.82 Å². The summed E-state index contributed by atoms with van der Waals surface area (Å²) in [6, 6.07) is 14.3. The maximum absolute atomic E-state index is 13.4. The predicted octanol–water partition coefficient (Wildman–Crippen LogP) is 4.51. The summed E-state index contributed by atoms with van der Waals surface area (Å²) in [7, 11) is 0. The van der Waals surface area contributed by atoms with Crippen LogP contribution in [-0.4, -0.2) is 0 Å². The molecule has 0 unspecified atom stereocenters. The first kappa shape index (κ1) is 13.8. The van der Waals surface area contributed by atoms with Crippen molar-refractivity contribution in [1.29, 1.82) is 0 Å². The lowest BCUT2D eigenvalue weighted by molar-refractivity contribution is 0.613. The van der Waals surface area contributed by atoms with Crippen molar-refractivity contribution in [1.82, 2.24) is 0 Å². The highest BCUT2D eigenvalue weighted by Gasteiger charge is 2.05. The van der Waals surface area contributed by atoms with E-state index in [1.165, 1.54) is 6.07 Å². The number of hydrogen-bond donors (Lipinski definition) is 1. The van der Waals surface area contributed by atoms with Gasteiger partial charge in [-0.25, -0.2) is 4.39 Å². The monoisotopic (exact) mass is 271 g/mol. The molecular formula is C13H12Cl2FN. The SMILES string of the molecule is Cl.Fc1cccc(Cl)c1CNc1ccccc1. The first-order valence-electron chi connectivity index (χ1n) is 4.99. The molecule has 0 amide bonds. The lowest BCUT2D eigenvalue weighted by Crippen LogP contribution is -2.02. The molecule has 0 saturated carbocycles. The molecule has 1 nitrogen and oxygen atoms in total. The molecule has 0 aliphatic heterocycles. The van der Waals surface area contributed by atoms with Crippen molar-refractivity contribution in [3.05, 3.63) is 64.9 Å². The molecule has 0 aliphatic rings. The fourth-order valence-electron chi connectivity index (χ4n) is 1.45. The summed E-state index contributed by atoms with van der Waals surface area (Å²) in [6.07, 6.45) is 0. The minimum absolute atomic E-state index is 0. The van der Waals surface area contributed by atoms with E-state index in [0.29, 0.717) is 17.1 Å². The minimum Gasteiger partial charge on any atom is -0.381 e. The molecule has 0 spiro atoms. The van der Waals surface area contributed by atoms with Crippen molar-refractivity contribution in [3.63, 3.8) is 0 Å². The van der Waals surface area contributed by atoms with E-state index in [1.807, 2.05) is 30.3 Å². The Morgan fingerprint density at radius 2 is 1.71 bits per heavy atom. The quantitative estimate of drug-likeness (QED) is 0.866. The van der Waals surface area contributed by atoms with Crippen LogP contribution in [-0.2, 0) is 6.54 Å². The Morgan fingerprint density at radius 3 is 2.35 bits per heavy atom. The highest BCUT2D eigenvalue weighted by molar-refractivity contribution is 6.31. The maximum Gasteiger partial charge on any atom is 0.129 e. The molecule has 2 aromatic rings. The van der Waals surface area contributed by atoms with Gasteiger partial charge < -0.3 is 5.32 Å². The van der Waals surface area contributed by atoms with E-state index in [4.69, 9.17) is 11.6 Å². The Kier molecular flexibility index (Phi) is 5.26. The average Bonchev–Trinajstić information content (AvgIpc) is 2.30. The summed E-state index contributed by atoms with van der Waals surface area (Å²) in [5, 5.41) is 3.57. The zero-order chi connectivity index (χ0) is 11.4. The van der Waals surface area contributed by atoms with Gasteiger partial charge in [0, 0.05) is 22.8 Å². The van der Waals surface area contributed by atoms with Gasteiger partial charge in [-0.05, 0) is 24.3 Å². The van der Waals surface area contributed by atoms with Gasteiger partial charge in [-0.15, -0.1) is 12.4 Å². The maximum atomic E-state index is 13.4. The fraction of sp³-hybridized carbons (Fsp3) is 0.0769. The molecule has 90 valence electrons. The van der Waals surface area contributed by atoms with E-state index in [-0.39, 0.29) is 18.2 Å². The van der Waals surface area contributed by atoms with Gasteiger partial charge in [0.2, 0.25) is 0 Å². The first-order chi connectivity index (χ1) is 7.77. The lowest BCUT2D eigenvalue weighted by atomic mass is 10.2. The van der Waals surface area contributed by atoms with E-state index in [0.717, 1.165) is 5.69 Å². The molecule has 0 saturated heterocycles. The van der Waals surface area contributed by atoms with Gasteiger partial charge in [0.1, 0.15) is 5.82 Å². The van der Waals surface area contributed by atoms with Crippen LogP contribution in [0.1, 0.15) is 5.56 Å². The molecule has 1 N–H and O–H groups in total.